The molecule has 0 unspecified atom stereocenters. The van der Waals surface area contributed by atoms with Crippen LogP contribution in [0.15, 0.2) is 29.5 Å². The van der Waals surface area contributed by atoms with Crippen LogP contribution in [0, 0.1) is 0 Å². The lowest BCUT2D eigenvalue weighted by molar-refractivity contribution is -0.132. The van der Waals surface area contributed by atoms with Crippen LogP contribution in [0.5, 0.6) is 17.2 Å². The molecule has 0 fully saturated rings. The van der Waals surface area contributed by atoms with E-state index in [9.17, 15) is 9.90 Å². The number of nitrogen functional groups attached to an aromatic ring is 1. The number of ether oxygens (including phenoxy) is 3. The summed E-state index contributed by atoms with van der Waals surface area (Å²) in [5.74, 6) is 1.45. The molecule has 1 aromatic carbocycles. The quantitative estimate of drug-likeness (QED) is 0.704. The third-order valence-corrected chi connectivity index (χ3v) is 5.17. The highest BCUT2D eigenvalue weighted by Gasteiger charge is 2.25. The summed E-state index contributed by atoms with van der Waals surface area (Å²) < 4.78 is 16.2. The zero-order chi connectivity index (χ0) is 21.8. The number of carbonyl (C=O) groups is 1. The maximum Gasteiger partial charge on any atom is 0.331 e. The monoisotopic (exact) mass is 414 g/mol. The SMILES string of the molecule is CCC1=C(C(=O)O)CCN(c2nc(-c3cc(OC)c(OC)c(OC)c3)cnc2N)C1. The van der Waals surface area contributed by atoms with Gasteiger partial charge in [-0.3, -0.25) is 0 Å². The molecular formula is C21H26N4O5. The van der Waals surface area contributed by atoms with E-state index in [0.717, 1.165) is 11.1 Å². The minimum atomic E-state index is -0.864. The highest BCUT2D eigenvalue weighted by atomic mass is 16.5. The van der Waals surface area contributed by atoms with Gasteiger partial charge in [0.15, 0.2) is 23.1 Å². The summed E-state index contributed by atoms with van der Waals surface area (Å²) in [7, 11) is 4.64. The molecule has 9 nitrogen and oxygen atoms in total. The van der Waals surface area contributed by atoms with Crippen molar-refractivity contribution in [3.05, 3.63) is 29.5 Å². The summed E-state index contributed by atoms with van der Waals surface area (Å²) in [4.78, 5) is 22.5. The zero-order valence-corrected chi connectivity index (χ0v) is 17.6. The molecule has 2 aromatic rings. The summed E-state index contributed by atoms with van der Waals surface area (Å²) in [6.45, 7) is 2.90. The Morgan fingerprint density at radius 2 is 1.87 bits per heavy atom. The van der Waals surface area contributed by atoms with Gasteiger partial charge >= 0.3 is 5.97 Å². The normalized spacial score (nSPS) is 13.9. The first-order valence-electron chi connectivity index (χ1n) is 9.55. The van der Waals surface area contributed by atoms with Crippen molar-refractivity contribution in [1.82, 2.24) is 9.97 Å². The lowest BCUT2D eigenvalue weighted by Gasteiger charge is -2.31. The predicted molar refractivity (Wildman–Crippen MR) is 113 cm³/mol. The summed E-state index contributed by atoms with van der Waals surface area (Å²) in [5.41, 5.74) is 8.78. The molecule has 3 rings (SSSR count). The minimum absolute atomic E-state index is 0.292. The van der Waals surface area contributed by atoms with Crippen molar-refractivity contribution in [1.29, 1.82) is 0 Å². The number of anilines is 2. The second kappa shape index (κ2) is 8.89. The number of carboxylic acid groups (broad SMARTS) is 1. The van der Waals surface area contributed by atoms with E-state index < -0.39 is 5.97 Å². The number of aromatic nitrogens is 2. The molecule has 0 saturated carbocycles. The van der Waals surface area contributed by atoms with E-state index in [2.05, 4.69) is 4.98 Å². The third kappa shape index (κ3) is 3.96. The lowest BCUT2D eigenvalue weighted by Crippen LogP contribution is -2.34. The molecule has 0 aliphatic carbocycles. The highest BCUT2D eigenvalue weighted by Crippen LogP contribution is 2.41. The fraction of sp³-hybridized carbons (Fsp3) is 0.381. The molecule has 1 aliphatic rings. The molecule has 1 aliphatic heterocycles. The van der Waals surface area contributed by atoms with E-state index in [0.29, 0.717) is 66.1 Å². The van der Waals surface area contributed by atoms with Gasteiger partial charge in [0.1, 0.15) is 0 Å². The number of rotatable bonds is 7. The van der Waals surface area contributed by atoms with Gasteiger partial charge in [0, 0.05) is 24.2 Å². The Morgan fingerprint density at radius 3 is 2.40 bits per heavy atom. The number of aliphatic carboxylic acids is 1. The molecule has 30 heavy (non-hydrogen) atoms. The first-order chi connectivity index (χ1) is 14.4. The van der Waals surface area contributed by atoms with Gasteiger partial charge < -0.3 is 30.0 Å². The zero-order valence-electron chi connectivity index (χ0n) is 17.6. The molecule has 0 spiro atoms. The molecule has 0 atom stereocenters. The van der Waals surface area contributed by atoms with Crippen molar-refractivity contribution >= 4 is 17.6 Å². The standard InChI is InChI=1S/C21H26N4O5/c1-5-12-11-25(7-6-14(12)21(26)27)20-19(22)23-10-15(24-20)13-8-16(28-2)18(30-4)17(9-13)29-3/h8-10H,5-7,11H2,1-4H3,(H2,22,23)(H,26,27). The second-order valence-electron chi connectivity index (χ2n) is 6.79. The predicted octanol–water partition coefficient (Wildman–Crippen LogP) is 2.75. The van der Waals surface area contributed by atoms with Gasteiger partial charge in [-0.2, -0.15) is 0 Å². The van der Waals surface area contributed by atoms with Crippen LogP contribution in [-0.2, 0) is 4.79 Å². The number of hydrogen-bond donors (Lipinski definition) is 2. The van der Waals surface area contributed by atoms with E-state index in [1.165, 1.54) is 0 Å². The summed E-state index contributed by atoms with van der Waals surface area (Å²) in [5, 5.41) is 9.42. The van der Waals surface area contributed by atoms with Crippen LogP contribution in [0.3, 0.4) is 0 Å². The number of nitrogens with zero attached hydrogens (tertiary/aromatic N) is 3. The van der Waals surface area contributed by atoms with Gasteiger partial charge in [-0.25, -0.2) is 14.8 Å². The van der Waals surface area contributed by atoms with E-state index in [1.807, 2.05) is 11.8 Å². The topological polar surface area (TPSA) is 120 Å². The number of benzene rings is 1. The van der Waals surface area contributed by atoms with E-state index >= 15 is 0 Å². The second-order valence-corrected chi connectivity index (χ2v) is 6.79. The molecule has 9 heteroatoms. The maximum absolute atomic E-state index is 11.5. The molecule has 3 N–H and O–H groups in total. The van der Waals surface area contributed by atoms with E-state index in [1.54, 1.807) is 39.7 Å². The summed E-state index contributed by atoms with van der Waals surface area (Å²) in [6, 6.07) is 3.59. The van der Waals surface area contributed by atoms with Crippen LogP contribution in [-0.4, -0.2) is 55.5 Å². The smallest absolute Gasteiger partial charge is 0.331 e. The Bertz CT molecular complexity index is 964. The third-order valence-electron chi connectivity index (χ3n) is 5.17. The van der Waals surface area contributed by atoms with Gasteiger partial charge in [-0.1, -0.05) is 6.92 Å². The Balaban J connectivity index is 2.02. The lowest BCUT2D eigenvalue weighted by atomic mass is 9.98. The van der Waals surface area contributed by atoms with Gasteiger partial charge in [-0.05, 0) is 30.5 Å². The maximum atomic E-state index is 11.5. The van der Waals surface area contributed by atoms with Crippen LogP contribution in [0.2, 0.25) is 0 Å². The molecule has 0 radical (unpaired) electrons. The number of nitrogens with two attached hydrogens (primary N) is 1. The Hall–Kier alpha value is -3.49. The van der Waals surface area contributed by atoms with Crippen molar-refractivity contribution in [2.24, 2.45) is 0 Å². The molecule has 0 bridgehead atoms. The number of hydrogen-bond acceptors (Lipinski definition) is 8. The first kappa shape index (κ1) is 21.2. The molecule has 0 amide bonds. The largest absolute Gasteiger partial charge is 0.493 e. The van der Waals surface area contributed by atoms with Gasteiger partial charge in [0.05, 0.1) is 33.2 Å². The molecular weight excluding hydrogens is 388 g/mol. The van der Waals surface area contributed by atoms with Crippen LogP contribution >= 0.6 is 0 Å². The molecule has 0 saturated heterocycles. The van der Waals surface area contributed by atoms with Crippen molar-refractivity contribution in [3.8, 4) is 28.5 Å². The van der Waals surface area contributed by atoms with Gasteiger partial charge in [0.25, 0.3) is 0 Å². The minimum Gasteiger partial charge on any atom is -0.493 e. The molecule has 160 valence electrons. The Labute approximate surface area is 175 Å². The van der Waals surface area contributed by atoms with Crippen molar-refractivity contribution in [2.45, 2.75) is 19.8 Å². The Kier molecular flexibility index (Phi) is 6.29. The van der Waals surface area contributed by atoms with Crippen LogP contribution in [0.25, 0.3) is 11.3 Å². The van der Waals surface area contributed by atoms with E-state index in [4.69, 9.17) is 24.9 Å². The van der Waals surface area contributed by atoms with Crippen LogP contribution < -0.4 is 24.8 Å². The van der Waals surface area contributed by atoms with Crippen LogP contribution in [0.1, 0.15) is 19.8 Å². The number of methoxy groups -OCH3 is 3. The van der Waals surface area contributed by atoms with Crippen molar-refractivity contribution in [2.75, 3.05) is 45.1 Å². The first-order valence-corrected chi connectivity index (χ1v) is 9.55. The molecule has 2 heterocycles. The summed E-state index contributed by atoms with van der Waals surface area (Å²) in [6.07, 6.45) is 2.66. The van der Waals surface area contributed by atoms with Gasteiger partial charge in [0.2, 0.25) is 5.75 Å². The number of carboxylic acids is 1. The Morgan fingerprint density at radius 1 is 1.20 bits per heavy atom. The van der Waals surface area contributed by atoms with E-state index in [-0.39, 0.29) is 0 Å². The fourth-order valence-electron chi connectivity index (χ4n) is 3.58. The highest BCUT2D eigenvalue weighted by molar-refractivity contribution is 5.88. The molecule has 1 aromatic heterocycles. The van der Waals surface area contributed by atoms with Crippen molar-refractivity contribution in [3.63, 3.8) is 0 Å². The average molecular weight is 414 g/mol. The fourth-order valence-corrected chi connectivity index (χ4v) is 3.58. The summed E-state index contributed by atoms with van der Waals surface area (Å²) >= 11 is 0. The van der Waals surface area contributed by atoms with Crippen LogP contribution in [0.4, 0.5) is 11.6 Å². The van der Waals surface area contributed by atoms with Gasteiger partial charge in [-0.15, -0.1) is 0 Å². The van der Waals surface area contributed by atoms with Crippen molar-refractivity contribution < 1.29 is 24.1 Å². The average Bonchev–Trinajstić information content (AvgIpc) is 2.77.